The zero-order valence-electron chi connectivity index (χ0n) is 12.3. The van der Waals surface area contributed by atoms with Crippen LogP contribution in [-0.4, -0.2) is 44.0 Å². The fraction of sp³-hybridized carbons (Fsp3) is 0.231. The predicted molar refractivity (Wildman–Crippen MR) is 81.8 cm³/mol. The largest absolute Gasteiger partial charge is 0.493 e. The second-order valence-electron chi connectivity index (χ2n) is 4.50. The van der Waals surface area contributed by atoms with Gasteiger partial charge in [0.1, 0.15) is 0 Å². The second kappa shape index (κ2) is 5.60. The van der Waals surface area contributed by atoms with Crippen molar-refractivity contribution in [3.63, 3.8) is 0 Å². The zero-order chi connectivity index (χ0) is 15.7. The second-order valence-corrected chi connectivity index (χ2v) is 4.89. The monoisotopic (exact) mass is 318 g/mol. The van der Waals surface area contributed by atoms with Crippen molar-refractivity contribution >= 4 is 12.2 Å². The van der Waals surface area contributed by atoms with Crippen LogP contribution < -0.4 is 9.47 Å². The number of nitrogens with one attached hydrogen (secondary N) is 1. The molecule has 0 spiro atoms. The van der Waals surface area contributed by atoms with Gasteiger partial charge in [-0.25, -0.2) is 0 Å². The Bertz CT molecular complexity index is 866. The highest BCUT2D eigenvalue weighted by atomic mass is 32.1. The number of ether oxygens (including phenoxy) is 2. The molecule has 1 N–H and O–H groups in total. The molecule has 0 aliphatic carbocycles. The Morgan fingerprint density at radius 3 is 2.59 bits per heavy atom. The van der Waals surface area contributed by atoms with Crippen LogP contribution in [0.2, 0.25) is 0 Å². The Kier molecular flexibility index (Phi) is 3.63. The van der Waals surface area contributed by atoms with Crippen LogP contribution in [0.3, 0.4) is 0 Å². The minimum absolute atomic E-state index is 0.452. The summed E-state index contributed by atoms with van der Waals surface area (Å²) in [4.78, 5) is 0. The van der Waals surface area contributed by atoms with Crippen molar-refractivity contribution in [3.8, 4) is 28.7 Å². The highest BCUT2D eigenvalue weighted by Crippen LogP contribution is 2.30. The minimum atomic E-state index is 0.452. The van der Waals surface area contributed by atoms with Crippen LogP contribution in [-0.2, 0) is 7.05 Å². The summed E-state index contributed by atoms with van der Waals surface area (Å²) in [6, 6.07) is 5.50. The number of hydrogen-bond donors (Lipinski definition) is 1. The Labute approximate surface area is 131 Å². The Morgan fingerprint density at radius 2 is 1.95 bits per heavy atom. The zero-order valence-corrected chi connectivity index (χ0v) is 13.1. The molecule has 0 radical (unpaired) electrons. The summed E-state index contributed by atoms with van der Waals surface area (Å²) in [6.45, 7) is 0. The Hall–Kier alpha value is -2.68. The van der Waals surface area contributed by atoms with E-state index >= 15 is 0 Å². The quantitative estimate of drug-likeness (QED) is 0.738. The number of aryl methyl sites for hydroxylation is 1. The molecular formula is C13H14N6O2S. The first-order chi connectivity index (χ1) is 10.6. The summed E-state index contributed by atoms with van der Waals surface area (Å²) >= 11 is 5.32. The summed E-state index contributed by atoms with van der Waals surface area (Å²) in [6.07, 6.45) is 1.77. The van der Waals surface area contributed by atoms with E-state index in [1.807, 2.05) is 18.2 Å². The Balaban J connectivity index is 2.17. The van der Waals surface area contributed by atoms with E-state index in [4.69, 9.17) is 21.7 Å². The third-order valence-corrected chi connectivity index (χ3v) is 3.40. The molecule has 2 heterocycles. The molecule has 0 unspecified atom stereocenters. The fourth-order valence-electron chi connectivity index (χ4n) is 2.12. The van der Waals surface area contributed by atoms with Crippen LogP contribution in [0.4, 0.5) is 0 Å². The molecule has 0 amide bonds. The highest BCUT2D eigenvalue weighted by Gasteiger charge is 2.15. The normalized spacial score (nSPS) is 10.7. The summed E-state index contributed by atoms with van der Waals surface area (Å²) in [7, 11) is 4.96. The molecule has 8 nitrogen and oxygen atoms in total. The lowest BCUT2D eigenvalue weighted by Gasteiger charge is -2.10. The standard InChI is InChI=1S/C13H14N6O2S/c1-18-7-9(14-17-18)12-15-16-13(22)19(12)8-4-5-10(20-2)11(6-8)21-3/h4-7H,1-3H3,(H,16,22). The summed E-state index contributed by atoms with van der Waals surface area (Å²) in [5, 5.41) is 15.0. The first-order valence-corrected chi connectivity index (χ1v) is 6.81. The molecule has 0 bridgehead atoms. The lowest BCUT2D eigenvalue weighted by Crippen LogP contribution is -2.00. The third-order valence-electron chi connectivity index (χ3n) is 3.13. The highest BCUT2D eigenvalue weighted by molar-refractivity contribution is 7.71. The van der Waals surface area contributed by atoms with Gasteiger partial charge in [-0.05, 0) is 24.4 Å². The topological polar surface area (TPSA) is 82.8 Å². The summed E-state index contributed by atoms with van der Waals surface area (Å²) in [5.74, 6) is 1.82. The van der Waals surface area contributed by atoms with Crippen molar-refractivity contribution in [1.29, 1.82) is 0 Å². The molecule has 0 saturated carbocycles. The molecule has 0 aliphatic heterocycles. The van der Waals surface area contributed by atoms with E-state index in [9.17, 15) is 0 Å². The molecule has 3 aromatic rings. The number of hydrogen-bond acceptors (Lipinski definition) is 6. The van der Waals surface area contributed by atoms with E-state index in [1.54, 1.807) is 36.7 Å². The number of rotatable bonds is 4. The number of H-pyrrole nitrogens is 1. The van der Waals surface area contributed by atoms with Gasteiger partial charge in [0, 0.05) is 13.1 Å². The van der Waals surface area contributed by atoms with E-state index in [2.05, 4.69) is 20.5 Å². The maximum Gasteiger partial charge on any atom is 0.200 e. The van der Waals surface area contributed by atoms with E-state index in [1.165, 1.54) is 0 Å². The van der Waals surface area contributed by atoms with Gasteiger partial charge in [-0.2, -0.15) is 5.10 Å². The number of benzene rings is 1. The molecule has 0 aliphatic rings. The first-order valence-electron chi connectivity index (χ1n) is 6.40. The van der Waals surface area contributed by atoms with Gasteiger partial charge in [-0.1, -0.05) is 5.21 Å². The molecular weight excluding hydrogens is 304 g/mol. The van der Waals surface area contributed by atoms with Gasteiger partial charge in [0.15, 0.2) is 27.8 Å². The molecule has 1 aromatic carbocycles. The average Bonchev–Trinajstić information content (AvgIpc) is 3.12. The Morgan fingerprint density at radius 1 is 1.18 bits per heavy atom. The maximum atomic E-state index is 5.33. The molecule has 2 aromatic heterocycles. The van der Waals surface area contributed by atoms with Crippen molar-refractivity contribution in [1.82, 2.24) is 29.8 Å². The van der Waals surface area contributed by atoms with Gasteiger partial charge in [0.05, 0.1) is 26.1 Å². The van der Waals surface area contributed by atoms with Gasteiger partial charge < -0.3 is 9.47 Å². The van der Waals surface area contributed by atoms with Crippen molar-refractivity contribution in [2.45, 2.75) is 0 Å². The van der Waals surface area contributed by atoms with Crippen molar-refractivity contribution in [3.05, 3.63) is 29.2 Å². The summed E-state index contributed by atoms with van der Waals surface area (Å²) in [5.41, 5.74) is 1.40. The van der Waals surface area contributed by atoms with E-state index < -0.39 is 0 Å². The van der Waals surface area contributed by atoms with Crippen molar-refractivity contribution in [2.24, 2.45) is 7.05 Å². The number of aromatic nitrogens is 6. The molecule has 22 heavy (non-hydrogen) atoms. The third kappa shape index (κ3) is 2.35. The van der Waals surface area contributed by atoms with Gasteiger partial charge in [0.2, 0.25) is 0 Å². The average molecular weight is 318 g/mol. The van der Waals surface area contributed by atoms with Crippen LogP contribution in [0.25, 0.3) is 17.2 Å². The summed E-state index contributed by atoms with van der Waals surface area (Å²) < 4.78 is 14.4. The predicted octanol–water partition coefficient (Wildman–Crippen LogP) is 1.74. The molecule has 9 heteroatoms. The lowest BCUT2D eigenvalue weighted by atomic mass is 10.2. The van der Waals surface area contributed by atoms with E-state index in [0.717, 1.165) is 5.69 Å². The maximum absolute atomic E-state index is 5.33. The molecule has 0 atom stereocenters. The van der Waals surface area contributed by atoms with Crippen LogP contribution in [0.5, 0.6) is 11.5 Å². The first kappa shape index (κ1) is 14.3. The number of methoxy groups -OCH3 is 2. The van der Waals surface area contributed by atoms with Crippen LogP contribution in [0.15, 0.2) is 24.4 Å². The van der Waals surface area contributed by atoms with Crippen molar-refractivity contribution < 1.29 is 9.47 Å². The molecule has 114 valence electrons. The lowest BCUT2D eigenvalue weighted by molar-refractivity contribution is 0.355. The van der Waals surface area contributed by atoms with Crippen molar-refractivity contribution in [2.75, 3.05) is 14.2 Å². The molecule has 0 saturated heterocycles. The minimum Gasteiger partial charge on any atom is -0.493 e. The van der Waals surface area contributed by atoms with Gasteiger partial charge in [-0.15, -0.1) is 5.10 Å². The fourth-order valence-corrected chi connectivity index (χ4v) is 2.36. The number of nitrogens with zero attached hydrogens (tertiary/aromatic N) is 5. The molecule has 0 fully saturated rings. The van der Waals surface area contributed by atoms with Gasteiger partial charge >= 0.3 is 0 Å². The van der Waals surface area contributed by atoms with Gasteiger partial charge in [-0.3, -0.25) is 14.3 Å². The van der Waals surface area contributed by atoms with Gasteiger partial charge in [0.25, 0.3) is 0 Å². The van der Waals surface area contributed by atoms with Crippen LogP contribution in [0, 0.1) is 4.77 Å². The van der Waals surface area contributed by atoms with Crippen LogP contribution in [0.1, 0.15) is 0 Å². The van der Waals surface area contributed by atoms with E-state index in [0.29, 0.717) is 27.8 Å². The smallest absolute Gasteiger partial charge is 0.200 e. The van der Waals surface area contributed by atoms with E-state index in [-0.39, 0.29) is 0 Å². The molecule has 3 rings (SSSR count). The van der Waals surface area contributed by atoms with Crippen LogP contribution >= 0.6 is 12.2 Å². The SMILES string of the molecule is COc1ccc(-n2c(-c3cn(C)nn3)n[nH]c2=S)cc1OC. The number of aromatic amines is 1.